The lowest BCUT2D eigenvalue weighted by atomic mass is 9.96. The standard InChI is InChI=1S/C32H32F3N3O5/c1-21-6-8-24(9-7-21)30(41)38-27(28(39)36-19-22-4-3-5-25(18-22)32(33,34)35)20-43-31(38)14-16-37(17-15-31)29(40)23-10-12-26(42-2)13-11-23/h3-13,18,27H,14-17,19-20H2,1-2H3,(H,36,39)/t27-/m1/s1. The third-order valence-corrected chi connectivity index (χ3v) is 7.97. The molecule has 0 saturated carbocycles. The van der Waals surface area contributed by atoms with E-state index < -0.39 is 35.3 Å². The van der Waals surface area contributed by atoms with Crippen molar-refractivity contribution >= 4 is 17.7 Å². The molecule has 0 aliphatic carbocycles. The number of piperidine rings is 1. The minimum Gasteiger partial charge on any atom is -0.497 e. The molecule has 2 aliphatic heterocycles. The minimum absolute atomic E-state index is 0.0849. The van der Waals surface area contributed by atoms with Gasteiger partial charge in [0, 0.05) is 43.6 Å². The Balaban J connectivity index is 1.34. The van der Waals surface area contributed by atoms with E-state index in [4.69, 9.17) is 9.47 Å². The van der Waals surface area contributed by atoms with Gasteiger partial charge in [-0.1, -0.05) is 29.8 Å². The van der Waals surface area contributed by atoms with E-state index in [0.717, 1.165) is 17.7 Å². The normalized spacial score (nSPS) is 18.0. The van der Waals surface area contributed by atoms with Gasteiger partial charge < -0.3 is 19.7 Å². The van der Waals surface area contributed by atoms with E-state index in [1.165, 1.54) is 17.0 Å². The number of aryl methyl sites for hydroxylation is 1. The molecule has 1 N–H and O–H groups in total. The lowest BCUT2D eigenvalue weighted by molar-refractivity contribution is -0.137. The van der Waals surface area contributed by atoms with Gasteiger partial charge in [0.2, 0.25) is 5.91 Å². The van der Waals surface area contributed by atoms with Gasteiger partial charge in [-0.25, -0.2) is 0 Å². The lowest BCUT2D eigenvalue weighted by Crippen LogP contribution is -2.59. The van der Waals surface area contributed by atoms with Gasteiger partial charge >= 0.3 is 6.18 Å². The molecular formula is C32H32F3N3O5. The SMILES string of the molecule is COc1ccc(C(=O)N2CCC3(CC2)OC[C@H](C(=O)NCc2cccc(C(F)(F)F)c2)N3C(=O)c2ccc(C)cc2)cc1. The number of halogens is 3. The molecule has 0 aromatic heterocycles. The maximum absolute atomic E-state index is 13.9. The number of likely N-dealkylation sites (tertiary alicyclic amines) is 1. The summed E-state index contributed by atoms with van der Waals surface area (Å²) >= 11 is 0. The Labute approximate surface area is 247 Å². The van der Waals surface area contributed by atoms with Crippen molar-refractivity contribution in [3.05, 3.63) is 101 Å². The average molecular weight is 596 g/mol. The number of amides is 3. The third kappa shape index (κ3) is 6.36. The van der Waals surface area contributed by atoms with Crippen molar-refractivity contribution in [1.82, 2.24) is 15.1 Å². The maximum atomic E-state index is 13.9. The van der Waals surface area contributed by atoms with Gasteiger partial charge in [-0.05, 0) is 61.0 Å². The summed E-state index contributed by atoms with van der Waals surface area (Å²) in [7, 11) is 1.55. The first-order valence-corrected chi connectivity index (χ1v) is 13.9. The number of hydrogen-bond donors (Lipinski definition) is 1. The zero-order chi connectivity index (χ0) is 30.8. The van der Waals surface area contributed by atoms with E-state index in [2.05, 4.69) is 5.32 Å². The highest BCUT2D eigenvalue weighted by atomic mass is 19.4. The molecule has 3 aromatic carbocycles. The fourth-order valence-corrected chi connectivity index (χ4v) is 5.54. The molecule has 2 fully saturated rings. The van der Waals surface area contributed by atoms with Crippen LogP contribution in [-0.2, 0) is 22.3 Å². The van der Waals surface area contributed by atoms with E-state index in [1.807, 2.05) is 6.92 Å². The molecule has 1 spiro atoms. The summed E-state index contributed by atoms with van der Waals surface area (Å²) in [6, 6.07) is 17.5. The largest absolute Gasteiger partial charge is 0.497 e. The van der Waals surface area contributed by atoms with Gasteiger partial charge in [0.15, 0.2) is 0 Å². The molecule has 5 rings (SSSR count). The van der Waals surface area contributed by atoms with Gasteiger partial charge in [-0.3, -0.25) is 19.3 Å². The van der Waals surface area contributed by atoms with Crippen molar-refractivity contribution < 1.29 is 37.0 Å². The fraction of sp³-hybridized carbons (Fsp3) is 0.344. The Kier molecular flexibility index (Phi) is 8.45. The number of ether oxygens (including phenoxy) is 2. The van der Waals surface area contributed by atoms with E-state index in [1.54, 1.807) is 60.5 Å². The van der Waals surface area contributed by atoms with Crippen molar-refractivity contribution in [1.29, 1.82) is 0 Å². The molecule has 226 valence electrons. The number of carbonyl (C=O) groups excluding carboxylic acids is 3. The number of nitrogens with zero attached hydrogens (tertiary/aromatic N) is 2. The van der Waals surface area contributed by atoms with Crippen LogP contribution in [0, 0.1) is 6.92 Å². The molecule has 3 amide bonds. The molecule has 8 nitrogen and oxygen atoms in total. The van der Waals surface area contributed by atoms with Crippen LogP contribution in [0.4, 0.5) is 13.2 Å². The zero-order valence-electron chi connectivity index (χ0n) is 23.8. The molecule has 3 aromatic rings. The number of rotatable bonds is 6. The van der Waals surface area contributed by atoms with Gasteiger partial charge in [-0.15, -0.1) is 0 Å². The van der Waals surface area contributed by atoms with Gasteiger partial charge in [-0.2, -0.15) is 13.2 Å². The highest BCUT2D eigenvalue weighted by molar-refractivity contribution is 5.98. The first kappa shape index (κ1) is 30.1. The molecule has 0 radical (unpaired) electrons. The molecule has 0 bridgehead atoms. The van der Waals surface area contributed by atoms with E-state index in [-0.39, 0.29) is 37.5 Å². The van der Waals surface area contributed by atoms with Crippen LogP contribution in [0.3, 0.4) is 0 Å². The number of benzene rings is 3. The first-order chi connectivity index (χ1) is 20.5. The molecule has 2 saturated heterocycles. The second kappa shape index (κ2) is 12.1. The van der Waals surface area contributed by atoms with Crippen LogP contribution >= 0.6 is 0 Å². The molecule has 0 unspecified atom stereocenters. The fourth-order valence-electron chi connectivity index (χ4n) is 5.54. The average Bonchev–Trinajstić information content (AvgIpc) is 3.38. The van der Waals surface area contributed by atoms with Crippen molar-refractivity contribution in [2.45, 2.75) is 44.3 Å². The third-order valence-electron chi connectivity index (χ3n) is 7.97. The number of methoxy groups -OCH3 is 1. The van der Waals surface area contributed by atoms with Crippen molar-refractivity contribution in [2.75, 3.05) is 26.8 Å². The molecule has 2 heterocycles. The molecule has 1 atom stereocenters. The number of hydrogen-bond acceptors (Lipinski definition) is 5. The zero-order valence-corrected chi connectivity index (χ0v) is 23.8. The maximum Gasteiger partial charge on any atom is 0.416 e. The number of alkyl halides is 3. The summed E-state index contributed by atoms with van der Waals surface area (Å²) < 4.78 is 50.9. The smallest absolute Gasteiger partial charge is 0.416 e. The van der Waals surface area contributed by atoms with E-state index in [9.17, 15) is 27.6 Å². The summed E-state index contributed by atoms with van der Waals surface area (Å²) in [6.45, 7) is 2.25. The summed E-state index contributed by atoms with van der Waals surface area (Å²) in [5.74, 6) is -0.462. The molecule has 2 aliphatic rings. The van der Waals surface area contributed by atoms with E-state index >= 15 is 0 Å². The number of carbonyl (C=O) groups is 3. The highest BCUT2D eigenvalue weighted by Crippen LogP contribution is 2.39. The second-order valence-electron chi connectivity index (χ2n) is 10.8. The predicted molar refractivity (Wildman–Crippen MR) is 151 cm³/mol. The first-order valence-electron chi connectivity index (χ1n) is 13.9. The van der Waals surface area contributed by atoms with Gasteiger partial charge in [0.1, 0.15) is 17.5 Å². The summed E-state index contributed by atoms with van der Waals surface area (Å²) in [5.41, 5.74) is 0.181. The monoisotopic (exact) mass is 595 g/mol. The van der Waals surface area contributed by atoms with Crippen molar-refractivity contribution in [3.8, 4) is 5.75 Å². The Bertz CT molecular complexity index is 1480. The highest BCUT2D eigenvalue weighted by Gasteiger charge is 2.54. The van der Waals surface area contributed by atoms with Crippen LogP contribution in [0.15, 0.2) is 72.8 Å². The van der Waals surface area contributed by atoms with Gasteiger partial charge in [0.05, 0.1) is 19.3 Å². The Hall–Kier alpha value is -4.38. The summed E-state index contributed by atoms with van der Waals surface area (Å²) in [5, 5.41) is 2.69. The van der Waals surface area contributed by atoms with Crippen LogP contribution in [0.25, 0.3) is 0 Å². The Morgan fingerprint density at radius 3 is 2.21 bits per heavy atom. The molecule has 11 heteroatoms. The number of nitrogens with one attached hydrogen (secondary N) is 1. The van der Waals surface area contributed by atoms with Gasteiger partial charge in [0.25, 0.3) is 11.8 Å². The van der Waals surface area contributed by atoms with Crippen LogP contribution in [-0.4, -0.2) is 66.1 Å². The predicted octanol–water partition coefficient (Wildman–Crippen LogP) is 4.81. The Morgan fingerprint density at radius 1 is 0.953 bits per heavy atom. The van der Waals surface area contributed by atoms with Crippen LogP contribution < -0.4 is 10.1 Å². The Morgan fingerprint density at radius 2 is 1.58 bits per heavy atom. The van der Waals surface area contributed by atoms with Crippen LogP contribution in [0.5, 0.6) is 5.75 Å². The van der Waals surface area contributed by atoms with Crippen LogP contribution in [0.2, 0.25) is 0 Å². The van der Waals surface area contributed by atoms with Crippen molar-refractivity contribution in [2.24, 2.45) is 0 Å². The topological polar surface area (TPSA) is 88.2 Å². The quantitative estimate of drug-likeness (QED) is 0.442. The van der Waals surface area contributed by atoms with Crippen LogP contribution in [0.1, 0.15) is 50.2 Å². The molecular weight excluding hydrogens is 563 g/mol. The minimum atomic E-state index is -4.51. The summed E-state index contributed by atoms with van der Waals surface area (Å²) in [6.07, 6.45) is -3.94. The lowest BCUT2D eigenvalue weighted by Gasteiger charge is -2.44. The second-order valence-corrected chi connectivity index (χ2v) is 10.8. The van der Waals surface area contributed by atoms with E-state index in [0.29, 0.717) is 30.0 Å². The van der Waals surface area contributed by atoms with Crippen molar-refractivity contribution in [3.63, 3.8) is 0 Å². The molecule has 43 heavy (non-hydrogen) atoms. The summed E-state index contributed by atoms with van der Waals surface area (Å²) in [4.78, 5) is 43.7.